The van der Waals surface area contributed by atoms with Crippen molar-refractivity contribution < 1.29 is 19.4 Å². The summed E-state index contributed by atoms with van der Waals surface area (Å²) in [5.74, 6) is -0.243. The Balaban J connectivity index is 1.80. The molecule has 0 radical (unpaired) electrons. The molecule has 2 amide bonds. The van der Waals surface area contributed by atoms with E-state index < -0.39 is 11.8 Å². The number of methoxy groups -OCH3 is 1. The van der Waals surface area contributed by atoms with Crippen LogP contribution < -0.4 is 15.5 Å². The topological polar surface area (TPSA) is 100 Å². The normalized spacial score (nSPS) is 10.4. The zero-order valence-electron chi connectivity index (χ0n) is 13.0. The number of carbonyl (C=O) groups excluding carboxylic acids is 2. The average molecular weight is 327 g/mol. The number of benzene rings is 2. The number of phenolic OH excluding ortho intramolecular Hbond substituents is 1. The minimum absolute atomic E-state index is 0.144. The van der Waals surface area contributed by atoms with E-state index in [1.807, 2.05) is 0 Å². The Bertz CT molecular complexity index is 742. The molecule has 0 saturated heterocycles. The first-order chi connectivity index (χ1) is 11.6. The first-order valence-electron chi connectivity index (χ1n) is 7.11. The summed E-state index contributed by atoms with van der Waals surface area (Å²) in [4.78, 5) is 23.5. The van der Waals surface area contributed by atoms with Gasteiger partial charge in [-0.1, -0.05) is 6.07 Å². The molecular weight excluding hydrogens is 310 g/mol. The van der Waals surface area contributed by atoms with Crippen LogP contribution in [-0.2, 0) is 9.59 Å². The quantitative estimate of drug-likeness (QED) is 0.428. The van der Waals surface area contributed by atoms with Gasteiger partial charge in [0.25, 0.3) is 0 Å². The van der Waals surface area contributed by atoms with Crippen LogP contribution in [0.2, 0.25) is 0 Å². The Hall–Kier alpha value is -3.35. The molecule has 2 aromatic rings. The summed E-state index contributed by atoms with van der Waals surface area (Å²) in [6, 6.07) is 13.1. The van der Waals surface area contributed by atoms with Crippen molar-refractivity contribution in [3.8, 4) is 11.5 Å². The smallest absolute Gasteiger partial charge is 0.249 e. The highest BCUT2D eigenvalue weighted by Crippen LogP contribution is 2.16. The zero-order valence-corrected chi connectivity index (χ0v) is 13.0. The van der Waals surface area contributed by atoms with Gasteiger partial charge in [0.1, 0.15) is 17.9 Å². The van der Waals surface area contributed by atoms with Gasteiger partial charge in [0.2, 0.25) is 11.8 Å². The van der Waals surface area contributed by atoms with Crippen LogP contribution in [0.5, 0.6) is 11.5 Å². The molecule has 7 heteroatoms. The van der Waals surface area contributed by atoms with Gasteiger partial charge in [-0.25, -0.2) is 5.43 Å². The fourth-order valence-corrected chi connectivity index (χ4v) is 1.83. The molecule has 0 aromatic heterocycles. The molecule has 0 saturated carbocycles. The largest absolute Gasteiger partial charge is 0.508 e. The molecule has 7 nitrogen and oxygen atoms in total. The maximum Gasteiger partial charge on any atom is 0.249 e. The lowest BCUT2D eigenvalue weighted by molar-refractivity contribution is -0.126. The number of amides is 2. The van der Waals surface area contributed by atoms with Crippen molar-refractivity contribution in [1.82, 2.24) is 5.43 Å². The standard InChI is InChI=1S/C17H17N3O4/c1-24-15-4-2-3-13(9-15)19-16(22)10-17(23)20-18-11-12-5-7-14(21)8-6-12/h2-9,11,21H,10H2,1H3,(H,19,22)(H,20,23). The second-order valence-electron chi connectivity index (χ2n) is 4.84. The number of nitrogens with one attached hydrogen (secondary N) is 2. The number of rotatable bonds is 6. The number of nitrogens with zero attached hydrogens (tertiary/aromatic N) is 1. The third kappa shape index (κ3) is 5.45. The number of phenols is 1. The molecule has 2 rings (SSSR count). The van der Waals surface area contributed by atoms with Crippen LogP contribution in [0.15, 0.2) is 53.6 Å². The summed E-state index contributed by atoms with van der Waals surface area (Å²) < 4.78 is 5.05. The van der Waals surface area contributed by atoms with Crippen LogP contribution in [0.3, 0.4) is 0 Å². The number of ether oxygens (including phenoxy) is 1. The van der Waals surface area contributed by atoms with Crippen molar-refractivity contribution in [1.29, 1.82) is 0 Å². The summed E-state index contributed by atoms with van der Waals surface area (Å²) >= 11 is 0. The first-order valence-corrected chi connectivity index (χ1v) is 7.11. The summed E-state index contributed by atoms with van der Waals surface area (Å²) in [6.45, 7) is 0. The Kier molecular flexibility index (Phi) is 5.90. The monoisotopic (exact) mass is 327 g/mol. The lowest BCUT2D eigenvalue weighted by atomic mass is 10.2. The summed E-state index contributed by atoms with van der Waals surface area (Å²) in [7, 11) is 1.53. The van der Waals surface area contributed by atoms with Crippen molar-refractivity contribution in [2.45, 2.75) is 6.42 Å². The van der Waals surface area contributed by atoms with E-state index in [1.165, 1.54) is 25.5 Å². The molecule has 0 atom stereocenters. The number of anilines is 1. The van der Waals surface area contributed by atoms with Crippen LogP contribution in [-0.4, -0.2) is 30.2 Å². The molecule has 124 valence electrons. The van der Waals surface area contributed by atoms with Crippen LogP contribution in [0, 0.1) is 0 Å². The Morgan fingerprint density at radius 3 is 2.62 bits per heavy atom. The van der Waals surface area contributed by atoms with Gasteiger partial charge in [0.15, 0.2) is 0 Å². The number of hydrogen-bond acceptors (Lipinski definition) is 5. The summed E-state index contributed by atoms with van der Waals surface area (Å²) in [5.41, 5.74) is 3.51. The molecule has 3 N–H and O–H groups in total. The van der Waals surface area contributed by atoms with Crippen LogP contribution in [0.25, 0.3) is 0 Å². The van der Waals surface area contributed by atoms with Crippen molar-refractivity contribution in [3.05, 3.63) is 54.1 Å². The minimum Gasteiger partial charge on any atom is -0.508 e. The molecule has 0 aliphatic carbocycles. The second-order valence-corrected chi connectivity index (χ2v) is 4.84. The van der Waals surface area contributed by atoms with E-state index in [9.17, 15) is 9.59 Å². The maximum atomic E-state index is 11.8. The molecule has 0 fully saturated rings. The molecular formula is C17H17N3O4. The Labute approximate surface area is 139 Å². The van der Waals surface area contributed by atoms with Gasteiger partial charge >= 0.3 is 0 Å². The predicted molar refractivity (Wildman–Crippen MR) is 90.1 cm³/mol. The van der Waals surface area contributed by atoms with Crippen molar-refractivity contribution >= 4 is 23.7 Å². The van der Waals surface area contributed by atoms with Crippen LogP contribution >= 0.6 is 0 Å². The van der Waals surface area contributed by atoms with Gasteiger partial charge < -0.3 is 15.2 Å². The molecule has 0 bridgehead atoms. The summed E-state index contributed by atoms with van der Waals surface area (Å²) in [5, 5.41) is 15.5. The lowest BCUT2D eigenvalue weighted by Crippen LogP contribution is -2.24. The van der Waals surface area contributed by atoms with E-state index in [4.69, 9.17) is 9.84 Å². The van der Waals surface area contributed by atoms with E-state index in [0.717, 1.165) is 0 Å². The highest BCUT2D eigenvalue weighted by molar-refractivity contribution is 6.03. The molecule has 0 unspecified atom stereocenters. The van der Waals surface area contributed by atoms with E-state index in [2.05, 4.69) is 15.8 Å². The van der Waals surface area contributed by atoms with Gasteiger partial charge in [-0.15, -0.1) is 0 Å². The molecule has 24 heavy (non-hydrogen) atoms. The Morgan fingerprint density at radius 1 is 1.17 bits per heavy atom. The lowest BCUT2D eigenvalue weighted by Gasteiger charge is -2.06. The van der Waals surface area contributed by atoms with E-state index >= 15 is 0 Å². The van der Waals surface area contributed by atoms with E-state index in [-0.39, 0.29) is 12.2 Å². The van der Waals surface area contributed by atoms with E-state index in [0.29, 0.717) is 17.0 Å². The molecule has 0 heterocycles. The minimum atomic E-state index is -0.537. The number of hydrogen-bond donors (Lipinski definition) is 3. The summed E-state index contributed by atoms with van der Waals surface area (Å²) in [6.07, 6.45) is 1.06. The maximum absolute atomic E-state index is 11.8. The molecule has 2 aromatic carbocycles. The number of aromatic hydroxyl groups is 1. The van der Waals surface area contributed by atoms with Crippen LogP contribution in [0.4, 0.5) is 5.69 Å². The first kappa shape index (κ1) is 17.0. The second kappa shape index (κ2) is 8.33. The third-order valence-corrected chi connectivity index (χ3v) is 2.97. The van der Waals surface area contributed by atoms with Gasteiger partial charge in [-0.05, 0) is 42.0 Å². The zero-order chi connectivity index (χ0) is 17.4. The molecule has 0 spiro atoms. The Morgan fingerprint density at radius 2 is 1.92 bits per heavy atom. The van der Waals surface area contributed by atoms with Crippen molar-refractivity contribution in [2.24, 2.45) is 5.10 Å². The number of hydrazone groups is 1. The fourth-order valence-electron chi connectivity index (χ4n) is 1.83. The molecule has 0 aliphatic rings. The fraction of sp³-hybridized carbons (Fsp3) is 0.118. The van der Waals surface area contributed by atoms with Crippen molar-refractivity contribution in [2.75, 3.05) is 12.4 Å². The SMILES string of the molecule is COc1cccc(NC(=O)CC(=O)NN=Cc2ccc(O)cc2)c1. The van der Waals surface area contributed by atoms with Crippen molar-refractivity contribution in [3.63, 3.8) is 0 Å². The molecule has 0 aliphatic heterocycles. The van der Waals surface area contributed by atoms with Crippen LogP contribution in [0.1, 0.15) is 12.0 Å². The highest BCUT2D eigenvalue weighted by atomic mass is 16.5. The van der Waals surface area contributed by atoms with E-state index in [1.54, 1.807) is 36.4 Å². The predicted octanol–water partition coefficient (Wildman–Crippen LogP) is 1.88. The number of carbonyl (C=O) groups is 2. The van der Waals surface area contributed by atoms with Gasteiger partial charge in [0.05, 0.1) is 13.3 Å². The van der Waals surface area contributed by atoms with Gasteiger partial charge in [-0.2, -0.15) is 5.10 Å². The van der Waals surface area contributed by atoms with Gasteiger partial charge in [0, 0.05) is 11.8 Å². The highest BCUT2D eigenvalue weighted by Gasteiger charge is 2.09. The van der Waals surface area contributed by atoms with Gasteiger partial charge in [-0.3, -0.25) is 9.59 Å². The average Bonchev–Trinajstić information content (AvgIpc) is 2.56. The third-order valence-electron chi connectivity index (χ3n) is 2.97.